The zero-order valence-corrected chi connectivity index (χ0v) is 12.1. The van der Waals surface area contributed by atoms with Crippen molar-refractivity contribution < 1.29 is 19.4 Å². The van der Waals surface area contributed by atoms with Crippen molar-refractivity contribution in [3.63, 3.8) is 0 Å². The van der Waals surface area contributed by atoms with Crippen LogP contribution < -0.4 is 5.32 Å². The molecule has 3 rings (SSSR count). The smallest absolute Gasteiger partial charge is 0.329 e. The van der Waals surface area contributed by atoms with Gasteiger partial charge in [-0.15, -0.1) is 5.10 Å². The van der Waals surface area contributed by atoms with Gasteiger partial charge in [0, 0.05) is 32.3 Å². The minimum Gasteiger partial charge on any atom is -0.480 e. The highest BCUT2D eigenvalue weighted by Gasteiger charge is 2.52. The van der Waals surface area contributed by atoms with Crippen molar-refractivity contribution in [3.05, 3.63) is 23.8 Å². The van der Waals surface area contributed by atoms with E-state index >= 15 is 0 Å². The number of aromatic nitrogens is 4. The second-order valence-electron chi connectivity index (χ2n) is 5.42. The standard InChI is InChI=1S/C13H15N5O4/c1-7-5-14-12-15-9(17-18(12)6-7)10(19)16-13(11(20)21)3-8(4-13)22-2/h5-6,8H,3-4H2,1-2H3,(H,16,19)(H,20,21). The van der Waals surface area contributed by atoms with Crippen molar-refractivity contribution >= 4 is 17.7 Å². The summed E-state index contributed by atoms with van der Waals surface area (Å²) in [6, 6.07) is 0. The minimum atomic E-state index is -1.32. The van der Waals surface area contributed by atoms with Crippen LogP contribution in [0.1, 0.15) is 29.0 Å². The Morgan fingerprint density at radius 3 is 2.86 bits per heavy atom. The molecule has 22 heavy (non-hydrogen) atoms. The summed E-state index contributed by atoms with van der Waals surface area (Å²) in [6.45, 7) is 1.84. The van der Waals surface area contributed by atoms with Gasteiger partial charge in [-0.1, -0.05) is 0 Å². The zero-order valence-electron chi connectivity index (χ0n) is 12.1. The van der Waals surface area contributed by atoms with Gasteiger partial charge in [0.15, 0.2) is 0 Å². The third kappa shape index (κ3) is 2.29. The van der Waals surface area contributed by atoms with Crippen molar-refractivity contribution in [3.8, 4) is 0 Å². The predicted octanol–water partition coefficient (Wildman–Crippen LogP) is -0.205. The molecule has 2 aromatic heterocycles. The van der Waals surface area contributed by atoms with Crippen LogP contribution in [-0.2, 0) is 9.53 Å². The fourth-order valence-electron chi connectivity index (χ4n) is 2.46. The third-order valence-electron chi connectivity index (χ3n) is 3.77. The molecule has 0 atom stereocenters. The Balaban J connectivity index is 1.82. The molecule has 2 N–H and O–H groups in total. The summed E-state index contributed by atoms with van der Waals surface area (Å²) in [4.78, 5) is 31.7. The summed E-state index contributed by atoms with van der Waals surface area (Å²) >= 11 is 0. The lowest BCUT2D eigenvalue weighted by molar-refractivity contribution is -0.155. The van der Waals surface area contributed by atoms with Crippen molar-refractivity contribution in [1.82, 2.24) is 24.9 Å². The van der Waals surface area contributed by atoms with Crippen molar-refractivity contribution in [1.29, 1.82) is 0 Å². The van der Waals surface area contributed by atoms with Gasteiger partial charge in [-0.3, -0.25) is 4.79 Å². The molecule has 1 aliphatic rings. The van der Waals surface area contributed by atoms with Crippen LogP contribution >= 0.6 is 0 Å². The molecule has 0 aliphatic heterocycles. The summed E-state index contributed by atoms with van der Waals surface area (Å²) in [5.41, 5.74) is -0.452. The molecule has 0 saturated heterocycles. The Labute approximate surface area is 125 Å². The third-order valence-corrected chi connectivity index (χ3v) is 3.77. The largest absolute Gasteiger partial charge is 0.480 e. The second-order valence-corrected chi connectivity index (χ2v) is 5.42. The van der Waals surface area contributed by atoms with Crippen LogP contribution in [-0.4, -0.2) is 55.3 Å². The van der Waals surface area contributed by atoms with E-state index in [2.05, 4.69) is 20.4 Å². The summed E-state index contributed by atoms with van der Waals surface area (Å²) in [6.07, 6.45) is 3.56. The summed E-state index contributed by atoms with van der Waals surface area (Å²) in [5.74, 6) is -1.56. The second kappa shape index (κ2) is 5.02. The Hall–Kier alpha value is -2.55. The van der Waals surface area contributed by atoms with Crippen LogP contribution in [0.25, 0.3) is 5.78 Å². The number of hydrogen-bond donors (Lipinski definition) is 2. The number of nitrogens with one attached hydrogen (secondary N) is 1. The van der Waals surface area contributed by atoms with Gasteiger partial charge in [-0.05, 0) is 12.5 Å². The number of nitrogens with zero attached hydrogens (tertiary/aromatic N) is 4. The van der Waals surface area contributed by atoms with Crippen LogP contribution in [0.4, 0.5) is 0 Å². The first-order chi connectivity index (χ1) is 10.4. The molecule has 0 unspecified atom stereocenters. The highest BCUT2D eigenvalue weighted by atomic mass is 16.5. The molecule has 0 spiro atoms. The first-order valence-electron chi connectivity index (χ1n) is 6.71. The molecule has 1 fully saturated rings. The van der Waals surface area contributed by atoms with Gasteiger partial charge in [-0.25, -0.2) is 14.3 Å². The number of ether oxygens (including phenoxy) is 1. The number of carboxylic acids is 1. The first-order valence-corrected chi connectivity index (χ1v) is 6.71. The van der Waals surface area contributed by atoms with E-state index in [0.717, 1.165) is 5.56 Å². The molecule has 9 nitrogen and oxygen atoms in total. The van der Waals surface area contributed by atoms with Crippen LogP contribution in [0.3, 0.4) is 0 Å². The molecule has 116 valence electrons. The fourth-order valence-corrected chi connectivity index (χ4v) is 2.46. The van der Waals surface area contributed by atoms with Gasteiger partial charge in [0.2, 0.25) is 5.82 Å². The van der Waals surface area contributed by atoms with E-state index in [0.29, 0.717) is 0 Å². The van der Waals surface area contributed by atoms with Crippen molar-refractivity contribution in [2.24, 2.45) is 0 Å². The molecule has 1 saturated carbocycles. The Morgan fingerprint density at radius 2 is 2.23 bits per heavy atom. The average Bonchev–Trinajstić information content (AvgIpc) is 2.84. The topological polar surface area (TPSA) is 119 Å². The lowest BCUT2D eigenvalue weighted by Crippen LogP contribution is -2.64. The van der Waals surface area contributed by atoms with E-state index in [1.54, 1.807) is 12.4 Å². The van der Waals surface area contributed by atoms with Gasteiger partial charge in [0.1, 0.15) is 5.54 Å². The van der Waals surface area contributed by atoms with E-state index in [-0.39, 0.29) is 30.5 Å². The SMILES string of the molecule is COC1CC(NC(=O)c2nc3ncc(C)cn3n2)(C(=O)O)C1. The van der Waals surface area contributed by atoms with E-state index in [9.17, 15) is 14.7 Å². The average molecular weight is 305 g/mol. The first kappa shape index (κ1) is 14.4. The molecule has 1 amide bonds. The van der Waals surface area contributed by atoms with E-state index in [1.165, 1.54) is 11.6 Å². The number of amides is 1. The number of methoxy groups -OCH3 is 1. The number of carboxylic acid groups (broad SMARTS) is 1. The number of aliphatic carboxylic acids is 1. The highest BCUT2D eigenvalue weighted by Crippen LogP contribution is 2.34. The number of aryl methyl sites for hydroxylation is 1. The van der Waals surface area contributed by atoms with Gasteiger partial charge in [0.05, 0.1) is 6.10 Å². The lowest BCUT2D eigenvalue weighted by Gasteiger charge is -2.43. The summed E-state index contributed by atoms with van der Waals surface area (Å²) in [5, 5.41) is 15.9. The number of carbonyl (C=O) groups is 2. The molecular weight excluding hydrogens is 290 g/mol. The minimum absolute atomic E-state index is 0.111. The summed E-state index contributed by atoms with van der Waals surface area (Å²) < 4.78 is 6.47. The van der Waals surface area contributed by atoms with Crippen LogP contribution in [0.15, 0.2) is 12.4 Å². The summed E-state index contributed by atoms with van der Waals surface area (Å²) in [7, 11) is 1.51. The number of carbonyl (C=O) groups excluding carboxylic acids is 1. The monoisotopic (exact) mass is 305 g/mol. The zero-order chi connectivity index (χ0) is 15.9. The van der Waals surface area contributed by atoms with Crippen LogP contribution in [0.2, 0.25) is 0 Å². The maximum absolute atomic E-state index is 12.2. The molecule has 2 aromatic rings. The fraction of sp³-hybridized carbons (Fsp3) is 0.462. The Morgan fingerprint density at radius 1 is 1.50 bits per heavy atom. The van der Waals surface area contributed by atoms with Gasteiger partial charge in [0.25, 0.3) is 11.7 Å². The lowest BCUT2D eigenvalue weighted by atomic mass is 9.74. The molecule has 1 aliphatic carbocycles. The molecular formula is C13H15N5O4. The highest BCUT2D eigenvalue weighted by molar-refractivity contribution is 5.95. The van der Waals surface area contributed by atoms with Gasteiger partial charge in [-0.2, -0.15) is 4.98 Å². The van der Waals surface area contributed by atoms with Crippen LogP contribution in [0.5, 0.6) is 0 Å². The maximum Gasteiger partial charge on any atom is 0.329 e. The van der Waals surface area contributed by atoms with E-state index < -0.39 is 17.4 Å². The predicted molar refractivity (Wildman–Crippen MR) is 73.4 cm³/mol. The van der Waals surface area contributed by atoms with Crippen molar-refractivity contribution in [2.45, 2.75) is 31.4 Å². The van der Waals surface area contributed by atoms with E-state index in [4.69, 9.17) is 4.74 Å². The molecule has 0 bridgehead atoms. The number of rotatable bonds is 4. The maximum atomic E-state index is 12.2. The Kier molecular flexibility index (Phi) is 3.28. The molecule has 0 aromatic carbocycles. The van der Waals surface area contributed by atoms with Gasteiger partial charge >= 0.3 is 5.97 Å². The quantitative estimate of drug-likeness (QED) is 0.802. The molecule has 0 radical (unpaired) electrons. The molecule has 2 heterocycles. The van der Waals surface area contributed by atoms with E-state index in [1.807, 2.05) is 6.92 Å². The van der Waals surface area contributed by atoms with Gasteiger partial charge < -0.3 is 15.2 Å². The van der Waals surface area contributed by atoms with Crippen LogP contribution in [0, 0.1) is 6.92 Å². The Bertz CT molecular complexity index is 750. The normalized spacial score (nSPS) is 24.0. The molecule has 9 heteroatoms. The number of hydrogen-bond acceptors (Lipinski definition) is 6. The van der Waals surface area contributed by atoms with Crippen molar-refractivity contribution in [2.75, 3.05) is 7.11 Å². The number of fused-ring (bicyclic) bond motifs is 1.